The molecule has 0 aliphatic rings. The predicted octanol–water partition coefficient (Wildman–Crippen LogP) is 2.42. The van der Waals surface area contributed by atoms with Crippen LogP contribution < -0.4 is 15.8 Å². The smallest absolute Gasteiger partial charge is 0.405 e. The summed E-state index contributed by atoms with van der Waals surface area (Å²) in [6, 6.07) is 4.24. The molecule has 20 heavy (non-hydrogen) atoms. The van der Waals surface area contributed by atoms with Crippen molar-refractivity contribution in [2.75, 3.05) is 13.2 Å². The van der Waals surface area contributed by atoms with E-state index >= 15 is 0 Å². The highest BCUT2D eigenvalue weighted by Gasteiger charge is 2.27. The maximum Gasteiger partial charge on any atom is 0.405 e. The second kappa shape index (κ2) is 6.81. The van der Waals surface area contributed by atoms with E-state index in [-0.39, 0.29) is 6.04 Å². The van der Waals surface area contributed by atoms with Gasteiger partial charge < -0.3 is 15.8 Å². The first kappa shape index (κ1) is 16.6. The lowest BCUT2D eigenvalue weighted by Gasteiger charge is -2.14. The number of benzene rings is 1. The Labute approximate surface area is 119 Å². The van der Waals surface area contributed by atoms with Crippen LogP contribution in [0.5, 0.6) is 5.75 Å². The first-order chi connectivity index (χ1) is 9.19. The zero-order valence-corrected chi connectivity index (χ0v) is 11.4. The average molecular weight is 311 g/mol. The minimum Gasteiger partial charge on any atom is -0.483 e. The first-order valence-electron chi connectivity index (χ1n) is 5.70. The molecular formula is C12H14ClF3N2O2. The van der Waals surface area contributed by atoms with Crippen LogP contribution in [0.25, 0.3) is 0 Å². The molecule has 0 saturated carbocycles. The van der Waals surface area contributed by atoms with Crippen molar-refractivity contribution in [3.8, 4) is 5.75 Å². The SMILES string of the molecule is CC(N)c1cc(Cl)ccc1OCC(=O)NCC(F)(F)F. The van der Waals surface area contributed by atoms with Gasteiger partial charge in [-0.3, -0.25) is 4.79 Å². The zero-order valence-electron chi connectivity index (χ0n) is 10.6. The molecule has 0 aliphatic carbocycles. The predicted molar refractivity (Wildman–Crippen MR) is 68.6 cm³/mol. The number of amides is 1. The minimum absolute atomic E-state index is 0.312. The summed E-state index contributed by atoms with van der Waals surface area (Å²) >= 11 is 5.81. The summed E-state index contributed by atoms with van der Waals surface area (Å²) in [5.41, 5.74) is 6.29. The molecule has 1 aromatic carbocycles. The van der Waals surface area contributed by atoms with E-state index in [0.29, 0.717) is 16.3 Å². The standard InChI is InChI=1S/C12H14ClF3N2O2/c1-7(17)9-4-8(13)2-3-10(9)20-5-11(19)18-6-12(14,15)16/h2-4,7H,5-6,17H2,1H3,(H,18,19). The number of ether oxygens (including phenoxy) is 1. The van der Waals surface area contributed by atoms with Crippen LogP contribution in [-0.4, -0.2) is 25.2 Å². The summed E-state index contributed by atoms with van der Waals surface area (Å²) in [4.78, 5) is 11.2. The topological polar surface area (TPSA) is 64.3 Å². The summed E-state index contributed by atoms with van der Waals surface area (Å²) in [6.45, 7) is -0.227. The summed E-state index contributed by atoms with van der Waals surface area (Å²) in [7, 11) is 0. The molecule has 0 radical (unpaired) electrons. The molecule has 0 spiro atoms. The molecule has 1 amide bonds. The van der Waals surface area contributed by atoms with Gasteiger partial charge in [-0.1, -0.05) is 11.6 Å². The Morgan fingerprint density at radius 1 is 1.50 bits per heavy atom. The Morgan fingerprint density at radius 3 is 2.70 bits per heavy atom. The van der Waals surface area contributed by atoms with E-state index < -0.39 is 25.2 Å². The first-order valence-corrected chi connectivity index (χ1v) is 6.08. The molecule has 0 aromatic heterocycles. The van der Waals surface area contributed by atoms with Crippen molar-refractivity contribution in [1.82, 2.24) is 5.32 Å². The van der Waals surface area contributed by atoms with Crippen LogP contribution in [0.4, 0.5) is 13.2 Å². The van der Waals surface area contributed by atoms with E-state index in [1.54, 1.807) is 18.3 Å². The molecule has 0 bridgehead atoms. The molecule has 1 rings (SSSR count). The number of halogens is 4. The molecule has 0 fully saturated rings. The third-order valence-electron chi connectivity index (χ3n) is 2.31. The third-order valence-corrected chi connectivity index (χ3v) is 2.54. The van der Waals surface area contributed by atoms with Crippen molar-refractivity contribution in [3.05, 3.63) is 28.8 Å². The normalized spacial score (nSPS) is 12.9. The molecule has 1 atom stereocenters. The van der Waals surface area contributed by atoms with Gasteiger partial charge in [0.1, 0.15) is 12.3 Å². The second-order valence-electron chi connectivity index (χ2n) is 4.15. The van der Waals surface area contributed by atoms with Crippen molar-refractivity contribution in [2.45, 2.75) is 19.1 Å². The fourth-order valence-electron chi connectivity index (χ4n) is 1.40. The molecule has 4 nitrogen and oxygen atoms in total. The second-order valence-corrected chi connectivity index (χ2v) is 4.59. The lowest BCUT2D eigenvalue weighted by molar-refractivity contribution is -0.139. The van der Waals surface area contributed by atoms with Crippen molar-refractivity contribution >= 4 is 17.5 Å². The van der Waals surface area contributed by atoms with Gasteiger partial charge in [-0.2, -0.15) is 13.2 Å². The van der Waals surface area contributed by atoms with Crippen LogP contribution in [0.3, 0.4) is 0 Å². The van der Waals surface area contributed by atoms with Gasteiger partial charge in [0.2, 0.25) is 0 Å². The molecule has 112 valence electrons. The fraction of sp³-hybridized carbons (Fsp3) is 0.417. The van der Waals surface area contributed by atoms with Crippen molar-refractivity contribution in [2.24, 2.45) is 5.73 Å². The lowest BCUT2D eigenvalue weighted by atomic mass is 10.1. The van der Waals surface area contributed by atoms with Crippen LogP contribution in [0.2, 0.25) is 5.02 Å². The third kappa shape index (κ3) is 5.66. The maximum atomic E-state index is 11.9. The Kier molecular flexibility index (Phi) is 5.64. The van der Waals surface area contributed by atoms with Crippen molar-refractivity contribution < 1.29 is 22.7 Å². The fourth-order valence-corrected chi connectivity index (χ4v) is 1.58. The monoisotopic (exact) mass is 310 g/mol. The largest absolute Gasteiger partial charge is 0.483 e. The highest BCUT2D eigenvalue weighted by Crippen LogP contribution is 2.27. The Morgan fingerprint density at radius 2 is 2.15 bits per heavy atom. The van der Waals surface area contributed by atoms with Crippen LogP contribution in [0.1, 0.15) is 18.5 Å². The summed E-state index contributed by atoms with van der Waals surface area (Å²) in [5, 5.41) is 2.16. The van der Waals surface area contributed by atoms with Gasteiger partial charge in [-0.05, 0) is 25.1 Å². The molecule has 0 saturated heterocycles. The number of hydrogen-bond donors (Lipinski definition) is 2. The number of carbonyl (C=O) groups excluding carboxylic acids is 1. The van der Waals surface area contributed by atoms with Crippen molar-refractivity contribution in [3.63, 3.8) is 0 Å². The highest BCUT2D eigenvalue weighted by atomic mass is 35.5. The number of alkyl halides is 3. The van der Waals surface area contributed by atoms with Crippen LogP contribution >= 0.6 is 11.6 Å². The lowest BCUT2D eigenvalue weighted by Crippen LogP contribution is -2.36. The Bertz CT molecular complexity index is 478. The number of hydrogen-bond acceptors (Lipinski definition) is 3. The number of rotatable bonds is 5. The molecule has 1 unspecified atom stereocenters. The van der Waals surface area contributed by atoms with Gasteiger partial charge in [-0.25, -0.2) is 0 Å². The van der Waals surface area contributed by atoms with Crippen LogP contribution in [0, 0.1) is 0 Å². The molecule has 3 N–H and O–H groups in total. The van der Waals surface area contributed by atoms with Crippen LogP contribution in [-0.2, 0) is 4.79 Å². The van der Waals surface area contributed by atoms with E-state index in [1.807, 2.05) is 0 Å². The van der Waals surface area contributed by atoms with E-state index in [0.717, 1.165) is 0 Å². The Balaban J connectivity index is 2.59. The van der Waals surface area contributed by atoms with Gasteiger partial charge in [0, 0.05) is 16.6 Å². The van der Waals surface area contributed by atoms with Gasteiger partial charge >= 0.3 is 6.18 Å². The van der Waals surface area contributed by atoms with Crippen molar-refractivity contribution in [1.29, 1.82) is 0 Å². The molecule has 0 aliphatic heterocycles. The zero-order chi connectivity index (χ0) is 15.3. The quantitative estimate of drug-likeness (QED) is 0.878. The molecule has 8 heteroatoms. The summed E-state index contributed by atoms with van der Waals surface area (Å²) < 4.78 is 40.9. The summed E-state index contributed by atoms with van der Waals surface area (Å²) in [6.07, 6.45) is -4.45. The molecule has 1 aromatic rings. The van der Waals surface area contributed by atoms with E-state index in [2.05, 4.69) is 0 Å². The molecule has 0 heterocycles. The van der Waals surface area contributed by atoms with Gasteiger partial charge in [0.25, 0.3) is 5.91 Å². The average Bonchev–Trinajstić information content (AvgIpc) is 2.33. The van der Waals surface area contributed by atoms with E-state index in [4.69, 9.17) is 22.1 Å². The summed E-state index contributed by atoms with van der Waals surface area (Å²) in [5.74, 6) is -0.556. The number of nitrogens with one attached hydrogen (secondary N) is 1. The number of nitrogens with two attached hydrogens (primary N) is 1. The maximum absolute atomic E-state index is 11.9. The van der Waals surface area contributed by atoms with Gasteiger partial charge in [0.05, 0.1) is 0 Å². The van der Waals surface area contributed by atoms with E-state index in [9.17, 15) is 18.0 Å². The van der Waals surface area contributed by atoms with Gasteiger partial charge in [-0.15, -0.1) is 0 Å². The highest BCUT2D eigenvalue weighted by molar-refractivity contribution is 6.30. The number of carbonyl (C=O) groups is 1. The van der Waals surface area contributed by atoms with Crippen LogP contribution in [0.15, 0.2) is 18.2 Å². The van der Waals surface area contributed by atoms with Gasteiger partial charge in [0.15, 0.2) is 6.61 Å². The van der Waals surface area contributed by atoms with E-state index in [1.165, 1.54) is 12.1 Å². The molecular weight excluding hydrogens is 297 g/mol. The Hall–Kier alpha value is -1.47. The minimum atomic E-state index is -4.45.